The second-order valence-corrected chi connectivity index (χ2v) is 1.71. The molecule has 0 radical (unpaired) electrons. The summed E-state index contributed by atoms with van der Waals surface area (Å²) < 4.78 is 0. The molecule has 0 aliphatic rings. The number of hydrogen-bond acceptors (Lipinski definition) is 1. The molecule has 0 aliphatic carbocycles. The van der Waals surface area contributed by atoms with Crippen LogP contribution in [-0.4, -0.2) is 5.91 Å². The number of primary amides is 1. The van der Waals surface area contributed by atoms with Crippen LogP contribution >= 0.6 is 0 Å². The van der Waals surface area contributed by atoms with Crippen LogP contribution in [0.15, 0.2) is 0 Å². The van der Waals surface area contributed by atoms with Gasteiger partial charge in [0.05, 0.1) is 0 Å². The van der Waals surface area contributed by atoms with E-state index in [1.54, 1.807) is 0 Å². The van der Waals surface area contributed by atoms with Gasteiger partial charge in [-0.15, -0.1) is 0 Å². The molecule has 0 saturated carbocycles. The molecule has 0 rings (SSSR count). The Kier molecular flexibility index (Phi) is 2.41. The van der Waals surface area contributed by atoms with Crippen molar-refractivity contribution in [1.82, 2.24) is 0 Å². The van der Waals surface area contributed by atoms with Gasteiger partial charge in [-0.1, -0.05) is 13.8 Å². The Labute approximate surface area is 43.7 Å². The monoisotopic (exact) mass is 101 g/mol. The van der Waals surface area contributed by atoms with Gasteiger partial charge in [-0.3, -0.25) is 4.79 Å². The molecule has 0 unspecified atom stereocenters. The Bertz CT molecular complexity index is 70.5. The van der Waals surface area contributed by atoms with Gasteiger partial charge in [0.15, 0.2) is 0 Å². The normalized spacial score (nSPS) is 13.4. The molecular weight excluding hydrogens is 90.1 g/mol. The van der Waals surface area contributed by atoms with E-state index in [0.29, 0.717) is 0 Å². The lowest BCUT2D eigenvalue weighted by molar-refractivity contribution is -0.121. The molecule has 0 bridgehead atoms. The second-order valence-electron chi connectivity index (χ2n) is 1.71. The van der Waals surface area contributed by atoms with Gasteiger partial charge in [0.2, 0.25) is 5.91 Å². The third kappa shape index (κ3) is 2.20. The van der Waals surface area contributed by atoms with Gasteiger partial charge >= 0.3 is 0 Å². The molecule has 2 heteroatoms. The summed E-state index contributed by atoms with van der Waals surface area (Å²) >= 11 is 0. The Morgan fingerprint density at radius 1 is 1.86 bits per heavy atom. The Hall–Kier alpha value is -0.530. The fraction of sp³-hybridized carbons (Fsp3) is 0.800. The van der Waals surface area contributed by atoms with E-state index in [1.807, 2.05) is 13.8 Å². The highest BCUT2D eigenvalue weighted by molar-refractivity contribution is 5.76. The fourth-order valence-corrected chi connectivity index (χ4v) is 0.201. The molecule has 42 valence electrons. The van der Waals surface area contributed by atoms with Crippen LogP contribution in [0.25, 0.3) is 0 Å². The Morgan fingerprint density at radius 2 is 2.29 bits per heavy atom. The van der Waals surface area contributed by atoms with Crippen molar-refractivity contribution in [2.75, 3.05) is 0 Å². The fourth-order valence-electron chi connectivity index (χ4n) is 0.201. The lowest BCUT2D eigenvalue weighted by Crippen LogP contribution is -2.19. The first-order valence-electron chi connectivity index (χ1n) is 2.47. The first-order chi connectivity index (χ1) is 3.18. The number of rotatable bonds is 2. The average Bonchev–Trinajstić information content (AvgIpc) is 1.65. The van der Waals surface area contributed by atoms with E-state index in [4.69, 9.17) is 5.73 Å². The van der Waals surface area contributed by atoms with Gasteiger partial charge in [-0.05, 0) is 6.42 Å². The van der Waals surface area contributed by atoms with Crippen LogP contribution in [-0.2, 0) is 4.79 Å². The zero-order valence-corrected chi connectivity index (χ0v) is 4.77. The molecule has 0 aromatic heterocycles. The Balaban J connectivity index is 3.34. The minimum Gasteiger partial charge on any atom is -0.369 e. The summed E-state index contributed by atoms with van der Waals surface area (Å²) in [5.41, 5.74) is 4.91. The van der Waals surface area contributed by atoms with Crippen molar-refractivity contribution in [3.63, 3.8) is 0 Å². The van der Waals surface area contributed by atoms with Crippen molar-refractivity contribution in [2.24, 2.45) is 11.7 Å². The average molecular weight is 101 g/mol. The third-order valence-corrected chi connectivity index (χ3v) is 1.10. The minimum absolute atomic E-state index is 0.0417. The maximum atomic E-state index is 10.2. The van der Waals surface area contributed by atoms with Crippen LogP contribution < -0.4 is 5.73 Å². The molecule has 7 heavy (non-hydrogen) atoms. The number of hydrogen-bond donors (Lipinski definition) is 1. The molecule has 0 saturated heterocycles. The van der Waals surface area contributed by atoms with Crippen molar-refractivity contribution in [2.45, 2.75) is 20.3 Å². The topological polar surface area (TPSA) is 43.1 Å². The molecular formula is C5H11NO. The van der Waals surface area contributed by atoms with Gasteiger partial charge in [-0.2, -0.15) is 0 Å². The van der Waals surface area contributed by atoms with E-state index in [9.17, 15) is 4.79 Å². The second kappa shape index (κ2) is 2.61. The molecule has 0 aliphatic heterocycles. The third-order valence-electron chi connectivity index (χ3n) is 1.10. The summed E-state index contributed by atoms with van der Waals surface area (Å²) in [5, 5.41) is 0. The van der Waals surface area contributed by atoms with E-state index in [2.05, 4.69) is 0 Å². The van der Waals surface area contributed by atoms with Crippen molar-refractivity contribution < 1.29 is 4.79 Å². The maximum absolute atomic E-state index is 10.2. The van der Waals surface area contributed by atoms with Gasteiger partial charge in [0, 0.05) is 5.92 Å². The highest BCUT2D eigenvalue weighted by Crippen LogP contribution is 1.96. The highest BCUT2D eigenvalue weighted by atomic mass is 16.1. The predicted octanol–water partition coefficient (Wildman–Crippen LogP) is 0.518. The largest absolute Gasteiger partial charge is 0.369 e. The predicted molar refractivity (Wildman–Crippen MR) is 28.6 cm³/mol. The first kappa shape index (κ1) is 6.47. The first-order valence-corrected chi connectivity index (χ1v) is 2.47. The van der Waals surface area contributed by atoms with Crippen LogP contribution in [0, 0.1) is 5.92 Å². The molecule has 0 aromatic rings. The number of nitrogens with two attached hydrogens (primary N) is 1. The quantitative estimate of drug-likeness (QED) is 0.541. The van der Waals surface area contributed by atoms with E-state index in [0.717, 1.165) is 6.42 Å². The van der Waals surface area contributed by atoms with E-state index >= 15 is 0 Å². The van der Waals surface area contributed by atoms with E-state index in [-0.39, 0.29) is 11.8 Å². The van der Waals surface area contributed by atoms with Crippen LogP contribution in [0.3, 0.4) is 0 Å². The molecule has 0 heterocycles. The Morgan fingerprint density at radius 3 is 2.29 bits per heavy atom. The summed E-state index contributed by atoms with van der Waals surface area (Å²) in [6.45, 7) is 3.76. The lowest BCUT2D eigenvalue weighted by atomic mass is 10.1. The minimum atomic E-state index is -0.206. The zero-order chi connectivity index (χ0) is 5.86. The van der Waals surface area contributed by atoms with Gasteiger partial charge in [-0.25, -0.2) is 0 Å². The molecule has 2 N–H and O–H groups in total. The highest BCUT2D eigenvalue weighted by Gasteiger charge is 2.02. The SMILES string of the molecule is CC[C@H](C)C(N)=O. The van der Waals surface area contributed by atoms with Crippen molar-refractivity contribution in [3.8, 4) is 0 Å². The zero-order valence-electron chi connectivity index (χ0n) is 4.77. The lowest BCUT2D eigenvalue weighted by Gasteiger charge is -1.98. The van der Waals surface area contributed by atoms with Crippen molar-refractivity contribution in [1.29, 1.82) is 0 Å². The maximum Gasteiger partial charge on any atom is 0.220 e. The van der Waals surface area contributed by atoms with E-state index in [1.165, 1.54) is 0 Å². The van der Waals surface area contributed by atoms with Crippen LogP contribution in [0.5, 0.6) is 0 Å². The van der Waals surface area contributed by atoms with Crippen LogP contribution in [0.1, 0.15) is 20.3 Å². The van der Waals surface area contributed by atoms with E-state index < -0.39 is 0 Å². The summed E-state index contributed by atoms with van der Waals surface area (Å²) in [5.74, 6) is -0.164. The van der Waals surface area contributed by atoms with Crippen LogP contribution in [0.2, 0.25) is 0 Å². The van der Waals surface area contributed by atoms with Gasteiger partial charge < -0.3 is 5.73 Å². The summed E-state index contributed by atoms with van der Waals surface area (Å²) in [7, 11) is 0. The smallest absolute Gasteiger partial charge is 0.220 e. The summed E-state index contributed by atoms with van der Waals surface area (Å²) in [6.07, 6.45) is 0.843. The molecule has 2 nitrogen and oxygen atoms in total. The van der Waals surface area contributed by atoms with Gasteiger partial charge in [0.25, 0.3) is 0 Å². The number of carbonyl (C=O) groups excluding carboxylic acids is 1. The standard InChI is InChI=1S/C5H11NO/c1-3-4(2)5(6)7/h4H,3H2,1-2H3,(H2,6,7)/t4-/m0/s1. The molecule has 0 aromatic carbocycles. The van der Waals surface area contributed by atoms with Crippen molar-refractivity contribution >= 4 is 5.91 Å². The van der Waals surface area contributed by atoms with Crippen LogP contribution in [0.4, 0.5) is 0 Å². The molecule has 0 spiro atoms. The summed E-state index contributed by atoms with van der Waals surface area (Å²) in [4.78, 5) is 10.2. The molecule has 1 amide bonds. The number of amides is 1. The molecule has 0 fully saturated rings. The summed E-state index contributed by atoms with van der Waals surface area (Å²) in [6, 6.07) is 0. The van der Waals surface area contributed by atoms with Crippen molar-refractivity contribution in [3.05, 3.63) is 0 Å². The van der Waals surface area contributed by atoms with Gasteiger partial charge in [0.1, 0.15) is 0 Å². The number of carbonyl (C=O) groups is 1. The molecule has 1 atom stereocenters.